The third kappa shape index (κ3) is 2.65. The van der Waals surface area contributed by atoms with Crippen LogP contribution in [-0.2, 0) is 9.53 Å². The van der Waals surface area contributed by atoms with Crippen molar-refractivity contribution in [2.45, 2.75) is 26.4 Å². The Morgan fingerprint density at radius 1 is 1.53 bits per heavy atom. The van der Waals surface area contributed by atoms with Crippen LogP contribution < -0.4 is 5.32 Å². The smallest absolute Gasteiger partial charge is 0.351 e. The van der Waals surface area contributed by atoms with Crippen molar-refractivity contribution < 1.29 is 9.53 Å². The summed E-state index contributed by atoms with van der Waals surface area (Å²) in [7, 11) is 0. The molecule has 1 aromatic heterocycles. The fraction of sp³-hybridized carbons (Fsp3) is 0.308. The van der Waals surface area contributed by atoms with Gasteiger partial charge in [-0.15, -0.1) is 0 Å². The Labute approximate surface area is 111 Å². The largest absolute Gasteiger partial charge is 0.456 e. The minimum Gasteiger partial charge on any atom is -0.456 e. The molecule has 0 aliphatic carbocycles. The normalized spacial score (nSPS) is 16.1. The van der Waals surface area contributed by atoms with Crippen molar-refractivity contribution in [2.24, 2.45) is 0 Å². The van der Waals surface area contributed by atoms with Crippen molar-refractivity contribution in [2.75, 3.05) is 0 Å². The number of rotatable bonds is 1. The number of carbonyl (C=O) groups is 1. The number of ether oxygens (including phenoxy) is 1. The molecule has 0 radical (unpaired) electrons. The van der Waals surface area contributed by atoms with E-state index in [0.717, 1.165) is 0 Å². The van der Waals surface area contributed by atoms with E-state index < -0.39 is 11.6 Å². The van der Waals surface area contributed by atoms with Crippen LogP contribution in [0.3, 0.4) is 0 Å². The molecule has 6 heteroatoms. The summed E-state index contributed by atoms with van der Waals surface area (Å²) in [4.78, 5) is 12.0. The molecule has 2 heterocycles. The summed E-state index contributed by atoms with van der Waals surface area (Å²) in [6, 6.07) is 3.61. The van der Waals surface area contributed by atoms with Gasteiger partial charge in [0.05, 0.1) is 17.6 Å². The van der Waals surface area contributed by atoms with Gasteiger partial charge in [0, 0.05) is 12.4 Å². The predicted molar refractivity (Wildman–Crippen MR) is 69.1 cm³/mol. The van der Waals surface area contributed by atoms with Gasteiger partial charge in [-0.05, 0) is 26.8 Å². The van der Waals surface area contributed by atoms with Crippen LogP contribution in [-0.4, -0.2) is 21.4 Å². The van der Waals surface area contributed by atoms with Crippen molar-refractivity contribution in [3.63, 3.8) is 0 Å². The van der Waals surface area contributed by atoms with Gasteiger partial charge in [0.1, 0.15) is 11.7 Å². The molecule has 0 bridgehead atoms. The summed E-state index contributed by atoms with van der Waals surface area (Å²) in [6.07, 6.45) is 4.90. The maximum Gasteiger partial charge on any atom is 0.351 e. The van der Waals surface area contributed by atoms with Crippen LogP contribution in [0.25, 0.3) is 11.9 Å². The van der Waals surface area contributed by atoms with Crippen LogP contribution in [0.4, 0.5) is 0 Å². The molecule has 0 aromatic carbocycles. The van der Waals surface area contributed by atoms with E-state index in [-0.39, 0.29) is 5.57 Å². The maximum atomic E-state index is 12.0. The molecule has 0 spiro atoms. The Kier molecular flexibility index (Phi) is 3.13. The van der Waals surface area contributed by atoms with Crippen LogP contribution in [0.2, 0.25) is 0 Å². The van der Waals surface area contributed by atoms with E-state index in [1.165, 1.54) is 0 Å². The minimum absolute atomic E-state index is 0.0685. The van der Waals surface area contributed by atoms with Crippen molar-refractivity contribution in [1.29, 1.82) is 5.26 Å². The zero-order valence-electron chi connectivity index (χ0n) is 11.0. The van der Waals surface area contributed by atoms with Crippen LogP contribution in [0.1, 0.15) is 26.5 Å². The number of carbonyl (C=O) groups excluding carboxylic acids is 1. The number of fused-ring (bicyclic) bond motifs is 1. The highest BCUT2D eigenvalue weighted by Gasteiger charge is 2.25. The molecule has 0 fully saturated rings. The van der Waals surface area contributed by atoms with E-state index in [9.17, 15) is 10.1 Å². The summed E-state index contributed by atoms with van der Waals surface area (Å²) in [5, 5.41) is 16.2. The lowest BCUT2D eigenvalue weighted by Crippen LogP contribution is -2.27. The van der Waals surface area contributed by atoms with E-state index >= 15 is 0 Å². The molecule has 0 unspecified atom stereocenters. The molecule has 19 heavy (non-hydrogen) atoms. The summed E-state index contributed by atoms with van der Waals surface area (Å²) < 4.78 is 6.80. The molecular formula is C13H14N4O2. The average Bonchev–Trinajstić information content (AvgIpc) is 2.76. The highest BCUT2D eigenvalue weighted by molar-refractivity contribution is 6.01. The molecule has 2 rings (SSSR count). The van der Waals surface area contributed by atoms with Crippen LogP contribution in [0, 0.1) is 11.3 Å². The van der Waals surface area contributed by atoms with Gasteiger partial charge in [-0.1, -0.05) is 0 Å². The standard InChI is InChI=1S/C13H14N4O2/c1-13(2,3)19-12(18)9(8-14)11-10-4-5-16-17(10)7-6-15-11/h4-7,15H,1-3H3. The number of nitriles is 1. The SMILES string of the molecule is CC(C)(C)OC(=O)C(C#N)=C1NC=Cn2nccc21. The van der Waals surface area contributed by atoms with Gasteiger partial charge in [-0.25, -0.2) is 9.48 Å². The second kappa shape index (κ2) is 4.61. The zero-order valence-corrected chi connectivity index (χ0v) is 11.0. The lowest BCUT2D eigenvalue weighted by atomic mass is 10.1. The quantitative estimate of drug-likeness (QED) is 0.469. The molecular weight excluding hydrogens is 244 g/mol. The topological polar surface area (TPSA) is 79.9 Å². The number of hydrogen-bond acceptors (Lipinski definition) is 5. The molecule has 1 N–H and O–H groups in total. The molecule has 0 atom stereocenters. The van der Waals surface area contributed by atoms with Gasteiger partial charge in [0.2, 0.25) is 0 Å². The van der Waals surface area contributed by atoms with Gasteiger partial charge in [-0.3, -0.25) is 0 Å². The minimum atomic E-state index is -0.652. The van der Waals surface area contributed by atoms with Crippen molar-refractivity contribution >= 4 is 17.9 Å². The van der Waals surface area contributed by atoms with E-state index in [0.29, 0.717) is 11.4 Å². The number of hydrogen-bond donors (Lipinski definition) is 1. The fourth-order valence-corrected chi connectivity index (χ4v) is 1.63. The lowest BCUT2D eigenvalue weighted by molar-refractivity contribution is -0.149. The van der Waals surface area contributed by atoms with E-state index in [4.69, 9.17) is 4.74 Å². The molecule has 0 amide bonds. The molecule has 1 aliphatic rings. The first-order valence-electron chi connectivity index (χ1n) is 5.77. The molecule has 0 saturated heterocycles. The molecule has 0 saturated carbocycles. The highest BCUT2D eigenvalue weighted by atomic mass is 16.6. The van der Waals surface area contributed by atoms with E-state index in [2.05, 4.69) is 10.4 Å². The molecule has 6 nitrogen and oxygen atoms in total. The van der Waals surface area contributed by atoms with Gasteiger partial charge < -0.3 is 10.1 Å². The lowest BCUT2D eigenvalue weighted by Gasteiger charge is -2.20. The second-order valence-corrected chi connectivity index (χ2v) is 4.98. The number of esters is 1. The van der Waals surface area contributed by atoms with Gasteiger partial charge >= 0.3 is 5.97 Å². The monoisotopic (exact) mass is 258 g/mol. The van der Waals surface area contributed by atoms with E-state index in [1.54, 1.807) is 50.1 Å². The first-order valence-corrected chi connectivity index (χ1v) is 5.77. The van der Waals surface area contributed by atoms with Crippen molar-refractivity contribution in [3.05, 3.63) is 29.7 Å². The van der Waals surface area contributed by atoms with Gasteiger partial charge in [0.25, 0.3) is 0 Å². The second-order valence-electron chi connectivity index (χ2n) is 4.98. The first kappa shape index (κ1) is 12.9. The highest BCUT2D eigenvalue weighted by Crippen LogP contribution is 2.21. The summed E-state index contributed by atoms with van der Waals surface area (Å²) in [5.74, 6) is -0.652. The summed E-state index contributed by atoms with van der Waals surface area (Å²) >= 11 is 0. The van der Waals surface area contributed by atoms with Gasteiger partial charge in [-0.2, -0.15) is 10.4 Å². The average molecular weight is 258 g/mol. The zero-order chi connectivity index (χ0) is 14.0. The Balaban J connectivity index is 2.43. The van der Waals surface area contributed by atoms with Crippen LogP contribution >= 0.6 is 0 Å². The maximum absolute atomic E-state index is 12.0. The number of nitrogens with zero attached hydrogens (tertiary/aromatic N) is 3. The molecule has 1 aromatic rings. The third-order valence-corrected chi connectivity index (χ3v) is 2.33. The number of nitrogens with one attached hydrogen (secondary N) is 1. The number of aromatic nitrogens is 2. The summed E-state index contributed by atoms with van der Waals surface area (Å²) in [5.41, 5.74) is 0.326. The first-order chi connectivity index (χ1) is 8.92. The van der Waals surface area contributed by atoms with Crippen molar-refractivity contribution in [1.82, 2.24) is 15.1 Å². The Morgan fingerprint density at radius 3 is 2.89 bits per heavy atom. The van der Waals surface area contributed by atoms with Crippen LogP contribution in [0.15, 0.2) is 24.0 Å². The van der Waals surface area contributed by atoms with Gasteiger partial charge in [0.15, 0.2) is 5.57 Å². The Hall–Kier alpha value is -2.55. The molecule has 98 valence electrons. The van der Waals surface area contributed by atoms with Crippen LogP contribution in [0.5, 0.6) is 0 Å². The fourth-order valence-electron chi connectivity index (χ4n) is 1.63. The third-order valence-electron chi connectivity index (χ3n) is 2.33. The molecule has 1 aliphatic heterocycles. The predicted octanol–water partition coefficient (Wildman–Crippen LogP) is 1.49. The summed E-state index contributed by atoms with van der Waals surface area (Å²) in [6.45, 7) is 5.26. The Bertz CT molecular complexity index is 611. The van der Waals surface area contributed by atoms with E-state index in [1.807, 2.05) is 6.07 Å². The Morgan fingerprint density at radius 2 is 2.26 bits per heavy atom. The van der Waals surface area contributed by atoms with Crippen molar-refractivity contribution in [3.8, 4) is 6.07 Å².